The second kappa shape index (κ2) is 9.74. The molecule has 1 N–H and O–H groups in total. The van der Waals surface area contributed by atoms with Gasteiger partial charge >= 0.3 is 5.97 Å². The Morgan fingerprint density at radius 1 is 1.28 bits per heavy atom. The first-order valence-electron chi connectivity index (χ1n) is 9.96. The van der Waals surface area contributed by atoms with Crippen LogP contribution < -0.4 is 10.1 Å². The smallest absolute Gasteiger partial charge is 0.341 e. The molecule has 1 unspecified atom stereocenters. The molecule has 1 heterocycles. The van der Waals surface area contributed by atoms with Crippen molar-refractivity contribution in [2.75, 3.05) is 19.0 Å². The number of nitrogens with one attached hydrogen (secondary N) is 1. The molecule has 154 valence electrons. The van der Waals surface area contributed by atoms with E-state index in [2.05, 4.69) is 19.2 Å². The molecule has 2 aromatic rings. The Morgan fingerprint density at radius 2 is 2.03 bits per heavy atom. The zero-order valence-corrected chi connectivity index (χ0v) is 17.9. The molecule has 0 saturated heterocycles. The summed E-state index contributed by atoms with van der Waals surface area (Å²) in [4.78, 5) is 26.0. The minimum Gasteiger partial charge on any atom is -0.494 e. The molecule has 6 heteroatoms. The zero-order valence-electron chi connectivity index (χ0n) is 17.1. The van der Waals surface area contributed by atoms with Crippen molar-refractivity contribution in [2.45, 2.75) is 39.5 Å². The van der Waals surface area contributed by atoms with Gasteiger partial charge in [-0.2, -0.15) is 0 Å². The minimum absolute atomic E-state index is 0.270. The molecule has 0 radical (unpaired) electrons. The Balaban J connectivity index is 1.71. The highest BCUT2D eigenvalue weighted by Crippen LogP contribution is 2.40. The van der Waals surface area contributed by atoms with Crippen molar-refractivity contribution in [2.24, 2.45) is 5.92 Å². The molecule has 0 fully saturated rings. The molecule has 29 heavy (non-hydrogen) atoms. The number of anilines is 1. The fourth-order valence-electron chi connectivity index (χ4n) is 3.38. The van der Waals surface area contributed by atoms with E-state index in [4.69, 9.17) is 9.47 Å². The van der Waals surface area contributed by atoms with Crippen LogP contribution in [0, 0.1) is 5.92 Å². The highest BCUT2D eigenvalue weighted by atomic mass is 32.1. The molecule has 1 aromatic heterocycles. The van der Waals surface area contributed by atoms with Crippen LogP contribution in [0.3, 0.4) is 0 Å². The van der Waals surface area contributed by atoms with E-state index in [0.717, 1.165) is 42.6 Å². The lowest BCUT2D eigenvalue weighted by Gasteiger charge is -2.18. The number of ether oxygens (including phenoxy) is 2. The van der Waals surface area contributed by atoms with E-state index >= 15 is 0 Å². The molecule has 1 aliphatic rings. The molecule has 1 aromatic carbocycles. The monoisotopic (exact) mass is 413 g/mol. The number of hydrogen-bond acceptors (Lipinski definition) is 5. The molecule has 1 aliphatic carbocycles. The van der Waals surface area contributed by atoms with Crippen LogP contribution in [0.4, 0.5) is 5.00 Å². The van der Waals surface area contributed by atoms with Crippen LogP contribution in [0.1, 0.15) is 53.1 Å². The molecule has 0 bridgehead atoms. The maximum atomic E-state index is 12.5. The topological polar surface area (TPSA) is 64.6 Å². The lowest BCUT2D eigenvalue weighted by Crippen LogP contribution is -2.14. The summed E-state index contributed by atoms with van der Waals surface area (Å²) in [5.41, 5.74) is 2.44. The van der Waals surface area contributed by atoms with Crippen LogP contribution in [0.2, 0.25) is 0 Å². The van der Waals surface area contributed by atoms with E-state index in [1.54, 1.807) is 6.08 Å². The van der Waals surface area contributed by atoms with E-state index in [9.17, 15) is 9.59 Å². The van der Waals surface area contributed by atoms with Crippen LogP contribution in [0.5, 0.6) is 5.75 Å². The molecule has 0 spiro atoms. The molecular weight excluding hydrogens is 386 g/mol. The summed E-state index contributed by atoms with van der Waals surface area (Å²) in [6.45, 7) is 4.95. The molecular formula is C23H27NO4S. The summed E-state index contributed by atoms with van der Waals surface area (Å²) < 4.78 is 10.5. The Kier molecular flexibility index (Phi) is 7.09. The predicted molar refractivity (Wildman–Crippen MR) is 117 cm³/mol. The maximum absolute atomic E-state index is 12.5. The average Bonchev–Trinajstić information content (AvgIpc) is 3.07. The normalized spacial score (nSPS) is 15.8. The highest BCUT2D eigenvalue weighted by Gasteiger charge is 2.28. The third kappa shape index (κ3) is 5.26. The molecule has 0 aliphatic heterocycles. The molecule has 5 nitrogen and oxygen atoms in total. The van der Waals surface area contributed by atoms with Gasteiger partial charge in [0.25, 0.3) is 0 Å². The number of esters is 1. The number of methoxy groups -OCH3 is 1. The van der Waals surface area contributed by atoms with Gasteiger partial charge in [0, 0.05) is 11.0 Å². The Bertz CT molecular complexity index is 898. The molecule has 0 saturated carbocycles. The molecule has 1 amide bonds. The van der Waals surface area contributed by atoms with E-state index < -0.39 is 0 Å². The number of fused-ring (bicyclic) bond motifs is 1. The third-order valence-electron chi connectivity index (χ3n) is 4.92. The van der Waals surface area contributed by atoms with Crippen molar-refractivity contribution in [1.29, 1.82) is 0 Å². The second-order valence-electron chi connectivity index (χ2n) is 7.29. The summed E-state index contributed by atoms with van der Waals surface area (Å²) in [6, 6.07) is 7.58. The van der Waals surface area contributed by atoms with Gasteiger partial charge in [-0.15, -0.1) is 11.3 Å². The van der Waals surface area contributed by atoms with E-state index in [-0.39, 0.29) is 11.9 Å². The van der Waals surface area contributed by atoms with Gasteiger partial charge in [-0.3, -0.25) is 4.79 Å². The van der Waals surface area contributed by atoms with Crippen molar-refractivity contribution in [3.8, 4) is 5.75 Å². The van der Waals surface area contributed by atoms with Crippen molar-refractivity contribution in [1.82, 2.24) is 0 Å². The van der Waals surface area contributed by atoms with Gasteiger partial charge in [-0.1, -0.05) is 26.0 Å². The lowest BCUT2D eigenvalue weighted by molar-refractivity contribution is -0.111. The van der Waals surface area contributed by atoms with Gasteiger partial charge in [0.15, 0.2) is 0 Å². The van der Waals surface area contributed by atoms with Crippen molar-refractivity contribution >= 4 is 34.3 Å². The number of hydrogen-bond donors (Lipinski definition) is 1. The second-order valence-corrected chi connectivity index (χ2v) is 8.39. The first-order valence-corrected chi connectivity index (χ1v) is 10.8. The Hall–Kier alpha value is -2.60. The Morgan fingerprint density at radius 3 is 2.72 bits per heavy atom. The Labute approximate surface area is 175 Å². The summed E-state index contributed by atoms with van der Waals surface area (Å²) in [5, 5.41) is 3.45. The number of benzene rings is 1. The van der Waals surface area contributed by atoms with Crippen molar-refractivity contribution < 1.29 is 19.1 Å². The quantitative estimate of drug-likeness (QED) is 0.507. The first kappa shape index (κ1) is 21.1. The van der Waals surface area contributed by atoms with E-state index in [1.165, 1.54) is 29.4 Å². The average molecular weight is 414 g/mol. The van der Waals surface area contributed by atoms with Crippen molar-refractivity contribution in [3.05, 3.63) is 51.9 Å². The third-order valence-corrected chi connectivity index (χ3v) is 6.09. The lowest BCUT2D eigenvalue weighted by atomic mass is 9.88. The predicted octanol–water partition coefficient (Wildman–Crippen LogP) is 5.10. The number of rotatable bonds is 7. The van der Waals surface area contributed by atoms with Gasteiger partial charge in [0.1, 0.15) is 10.8 Å². The largest absolute Gasteiger partial charge is 0.494 e. The summed E-state index contributed by atoms with van der Waals surface area (Å²) >= 11 is 1.49. The van der Waals surface area contributed by atoms with Gasteiger partial charge in [-0.05, 0) is 60.9 Å². The van der Waals surface area contributed by atoms with Crippen molar-refractivity contribution in [3.63, 3.8) is 0 Å². The van der Waals surface area contributed by atoms with E-state index in [0.29, 0.717) is 23.1 Å². The number of carbonyl (C=O) groups is 2. The van der Waals surface area contributed by atoms with Crippen LogP contribution in [-0.2, 0) is 22.4 Å². The van der Waals surface area contributed by atoms with Gasteiger partial charge in [0.2, 0.25) is 5.91 Å². The number of thiophene rings is 1. The highest BCUT2D eigenvalue weighted by molar-refractivity contribution is 7.17. The van der Waals surface area contributed by atoms with Crippen LogP contribution in [0.15, 0.2) is 30.3 Å². The van der Waals surface area contributed by atoms with Gasteiger partial charge in [-0.25, -0.2) is 4.79 Å². The van der Waals surface area contributed by atoms with Crippen LogP contribution >= 0.6 is 11.3 Å². The fraction of sp³-hybridized carbons (Fsp3) is 0.391. The first-order chi connectivity index (χ1) is 14.0. The number of amides is 1. The summed E-state index contributed by atoms with van der Waals surface area (Å²) in [6.07, 6.45) is 6.99. The molecule has 1 atom stereocenters. The van der Waals surface area contributed by atoms with E-state index in [1.807, 2.05) is 24.3 Å². The van der Waals surface area contributed by atoms with Gasteiger partial charge < -0.3 is 14.8 Å². The minimum atomic E-state index is -0.390. The fourth-order valence-corrected chi connectivity index (χ4v) is 4.78. The SMILES string of the molecule is CCCOc1ccc(/C=C/C(=O)Nc2sc3c(c2C(=O)OC)CCC(C)C3)cc1. The standard InChI is InChI=1S/C23H27NO4S/c1-4-13-28-17-9-6-16(7-10-17)8-12-20(25)24-22-21(23(26)27-3)18-11-5-15(2)14-19(18)29-22/h6-10,12,15H,4-5,11,13-14H2,1-3H3,(H,24,25)/b12-8+. The summed E-state index contributed by atoms with van der Waals surface area (Å²) in [5.74, 6) is 0.737. The summed E-state index contributed by atoms with van der Waals surface area (Å²) in [7, 11) is 1.37. The zero-order chi connectivity index (χ0) is 20.8. The molecule has 3 rings (SSSR count). The van der Waals surface area contributed by atoms with Crippen LogP contribution in [-0.4, -0.2) is 25.6 Å². The van der Waals surface area contributed by atoms with Crippen LogP contribution in [0.25, 0.3) is 6.08 Å². The van der Waals surface area contributed by atoms with Gasteiger partial charge in [0.05, 0.1) is 19.3 Å². The number of carbonyl (C=O) groups excluding carboxylic acids is 2. The maximum Gasteiger partial charge on any atom is 0.341 e.